The van der Waals surface area contributed by atoms with Crippen LogP contribution in [0.3, 0.4) is 0 Å². The van der Waals surface area contributed by atoms with Crippen LogP contribution in [0.5, 0.6) is 0 Å². The summed E-state index contributed by atoms with van der Waals surface area (Å²) in [6.45, 7) is 1.19. The molecule has 2 unspecified atom stereocenters. The van der Waals surface area contributed by atoms with Crippen molar-refractivity contribution in [2.75, 3.05) is 6.61 Å². The Labute approximate surface area is 87.1 Å². The van der Waals surface area contributed by atoms with Crippen molar-refractivity contribution in [3.8, 4) is 0 Å². The fourth-order valence-corrected chi connectivity index (χ4v) is 1.87. The van der Waals surface area contributed by atoms with Crippen molar-refractivity contribution in [2.45, 2.75) is 37.8 Å². The smallest absolute Gasteiger partial charge is 0.333 e. The zero-order valence-electron chi connectivity index (χ0n) is 8.41. The highest BCUT2D eigenvalue weighted by molar-refractivity contribution is 5.73. The van der Waals surface area contributed by atoms with Crippen molar-refractivity contribution in [3.05, 3.63) is 0 Å². The number of aliphatic hydroxyl groups excluding tert-OH is 3. The highest BCUT2D eigenvalue weighted by Gasteiger charge is 2.46. The minimum atomic E-state index is -1.24. The van der Waals surface area contributed by atoms with Gasteiger partial charge in [-0.3, -0.25) is 0 Å². The monoisotopic (exact) mass is 220 g/mol. The molecule has 1 fully saturated rings. The molecule has 6 heteroatoms. The van der Waals surface area contributed by atoms with Crippen molar-refractivity contribution >= 4 is 5.97 Å². The Balaban J connectivity index is 2.84. The van der Waals surface area contributed by atoms with Gasteiger partial charge in [0.2, 0.25) is 0 Å². The van der Waals surface area contributed by atoms with E-state index in [0.717, 1.165) is 0 Å². The Bertz CT molecular complexity index is 231. The molecule has 0 bridgehead atoms. The van der Waals surface area contributed by atoms with Crippen LogP contribution in [0.2, 0.25) is 0 Å². The first-order chi connectivity index (χ1) is 7.02. The first-order valence-electron chi connectivity index (χ1n) is 4.88. The van der Waals surface area contributed by atoms with E-state index >= 15 is 0 Å². The molecule has 0 spiro atoms. The van der Waals surface area contributed by atoms with Gasteiger partial charge in [-0.05, 0) is 6.42 Å². The van der Waals surface area contributed by atoms with E-state index in [9.17, 15) is 15.0 Å². The molecular formula is C9H16O6. The van der Waals surface area contributed by atoms with E-state index in [1.807, 2.05) is 0 Å². The lowest BCUT2D eigenvalue weighted by atomic mass is 9.85. The second-order valence-corrected chi connectivity index (χ2v) is 3.67. The van der Waals surface area contributed by atoms with Gasteiger partial charge in [0.25, 0.3) is 0 Å². The van der Waals surface area contributed by atoms with Crippen molar-refractivity contribution in [1.82, 2.24) is 0 Å². The summed E-state index contributed by atoms with van der Waals surface area (Å²) in [4.78, 5) is 10.8. The Morgan fingerprint density at radius 2 is 1.93 bits per heavy atom. The number of carbonyl (C=O) groups is 1. The molecule has 1 aliphatic rings. The summed E-state index contributed by atoms with van der Waals surface area (Å²) in [6.07, 6.45) is -4.25. The van der Waals surface area contributed by atoms with E-state index in [1.54, 1.807) is 6.92 Å². The maximum atomic E-state index is 10.8. The molecule has 0 amide bonds. The van der Waals surface area contributed by atoms with Gasteiger partial charge < -0.3 is 25.2 Å². The number of carboxylic acids is 1. The Morgan fingerprint density at radius 3 is 2.33 bits per heavy atom. The lowest BCUT2D eigenvalue weighted by Crippen LogP contribution is -2.57. The molecule has 1 saturated heterocycles. The van der Waals surface area contributed by atoms with Crippen LogP contribution in [0.15, 0.2) is 0 Å². The summed E-state index contributed by atoms with van der Waals surface area (Å²) in [7, 11) is 0. The molecule has 6 nitrogen and oxygen atoms in total. The van der Waals surface area contributed by atoms with E-state index in [2.05, 4.69) is 0 Å². The number of aliphatic carboxylic acids is 1. The quantitative estimate of drug-likeness (QED) is 0.465. The van der Waals surface area contributed by atoms with Crippen LogP contribution in [-0.2, 0) is 9.53 Å². The Hall–Kier alpha value is -0.690. The van der Waals surface area contributed by atoms with Crippen LogP contribution in [0.25, 0.3) is 0 Å². The third-order valence-electron chi connectivity index (χ3n) is 2.77. The van der Waals surface area contributed by atoms with E-state index in [0.29, 0.717) is 6.42 Å². The normalized spacial score (nSPS) is 41.5. The molecule has 0 aromatic heterocycles. The summed E-state index contributed by atoms with van der Waals surface area (Å²) >= 11 is 0. The average Bonchev–Trinajstić information content (AvgIpc) is 2.21. The number of rotatable bonds is 3. The predicted molar refractivity (Wildman–Crippen MR) is 49.2 cm³/mol. The molecule has 0 saturated carbocycles. The van der Waals surface area contributed by atoms with Crippen molar-refractivity contribution in [3.63, 3.8) is 0 Å². The summed E-state index contributed by atoms with van der Waals surface area (Å²) < 4.78 is 5.02. The fourth-order valence-electron chi connectivity index (χ4n) is 1.87. The van der Waals surface area contributed by atoms with Crippen LogP contribution >= 0.6 is 0 Å². The van der Waals surface area contributed by atoms with E-state index in [-0.39, 0.29) is 0 Å². The summed E-state index contributed by atoms with van der Waals surface area (Å²) in [5, 5.41) is 36.9. The molecule has 0 aromatic rings. The molecule has 88 valence electrons. The second-order valence-electron chi connectivity index (χ2n) is 3.67. The zero-order valence-corrected chi connectivity index (χ0v) is 8.41. The van der Waals surface area contributed by atoms with Crippen molar-refractivity contribution in [1.29, 1.82) is 0 Å². The highest BCUT2D eigenvalue weighted by atomic mass is 16.5. The number of carboxylic acid groups (broad SMARTS) is 1. The number of ether oxygens (including phenoxy) is 1. The zero-order chi connectivity index (χ0) is 11.6. The molecular weight excluding hydrogens is 204 g/mol. The first kappa shape index (κ1) is 12.4. The third-order valence-corrected chi connectivity index (χ3v) is 2.77. The minimum absolute atomic E-state index is 0.382. The maximum absolute atomic E-state index is 10.8. The van der Waals surface area contributed by atoms with Crippen LogP contribution in [0.1, 0.15) is 13.3 Å². The van der Waals surface area contributed by atoms with Crippen molar-refractivity contribution in [2.24, 2.45) is 5.92 Å². The first-order valence-corrected chi connectivity index (χ1v) is 4.88. The van der Waals surface area contributed by atoms with E-state index in [4.69, 9.17) is 14.9 Å². The molecule has 4 N–H and O–H groups in total. The summed E-state index contributed by atoms with van der Waals surface area (Å²) in [6, 6.07) is 0. The van der Waals surface area contributed by atoms with Crippen LogP contribution in [0, 0.1) is 5.92 Å². The highest BCUT2D eigenvalue weighted by Crippen LogP contribution is 2.28. The number of hydrogen-bond acceptors (Lipinski definition) is 5. The predicted octanol–water partition coefficient (Wildman–Crippen LogP) is -1.42. The lowest BCUT2D eigenvalue weighted by Gasteiger charge is -2.40. The minimum Gasteiger partial charge on any atom is -0.479 e. The third kappa shape index (κ3) is 2.28. The standard InChI is InChI=1S/C9H16O6/c1-2-4-6(11)7(12)5(3-10)15-8(4)9(13)14/h4-8,10-12H,2-3H2,1H3,(H,13,14)/t4-,5-,6+,7?,8?/m0/s1. The maximum Gasteiger partial charge on any atom is 0.333 e. The SMILES string of the molecule is CC[C@@H]1C(C(=O)O)O[C@@H](CO)C(O)[C@@H]1O. The molecule has 5 atom stereocenters. The number of hydrogen-bond donors (Lipinski definition) is 4. The molecule has 0 aliphatic carbocycles. The van der Waals surface area contributed by atoms with Gasteiger partial charge >= 0.3 is 5.97 Å². The fraction of sp³-hybridized carbons (Fsp3) is 0.889. The van der Waals surface area contributed by atoms with Gasteiger partial charge in [-0.15, -0.1) is 0 Å². The molecule has 1 aliphatic heterocycles. The van der Waals surface area contributed by atoms with Gasteiger partial charge in [0.1, 0.15) is 12.2 Å². The second kappa shape index (κ2) is 4.89. The largest absolute Gasteiger partial charge is 0.479 e. The van der Waals surface area contributed by atoms with Gasteiger partial charge in [-0.1, -0.05) is 6.92 Å². The van der Waals surface area contributed by atoms with E-state index < -0.39 is 42.9 Å². The van der Waals surface area contributed by atoms with Crippen LogP contribution in [0.4, 0.5) is 0 Å². The Morgan fingerprint density at radius 1 is 1.33 bits per heavy atom. The summed E-state index contributed by atoms with van der Waals surface area (Å²) in [5.41, 5.74) is 0. The van der Waals surface area contributed by atoms with Gasteiger partial charge in [0, 0.05) is 5.92 Å². The topological polar surface area (TPSA) is 107 Å². The Kier molecular flexibility index (Phi) is 4.04. The number of aliphatic hydroxyl groups is 3. The van der Waals surface area contributed by atoms with E-state index in [1.165, 1.54) is 0 Å². The van der Waals surface area contributed by atoms with Crippen LogP contribution in [-0.4, -0.2) is 57.4 Å². The van der Waals surface area contributed by atoms with Crippen molar-refractivity contribution < 1.29 is 30.0 Å². The van der Waals surface area contributed by atoms with Gasteiger partial charge in [0.15, 0.2) is 6.10 Å². The lowest BCUT2D eigenvalue weighted by molar-refractivity contribution is -0.217. The van der Waals surface area contributed by atoms with Gasteiger partial charge in [-0.2, -0.15) is 0 Å². The molecule has 1 heterocycles. The van der Waals surface area contributed by atoms with Crippen LogP contribution < -0.4 is 0 Å². The molecule has 15 heavy (non-hydrogen) atoms. The molecule has 0 aromatic carbocycles. The molecule has 1 rings (SSSR count). The average molecular weight is 220 g/mol. The summed E-state index contributed by atoms with van der Waals surface area (Å²) in [5.74, 6) is -1.84. The van der Waals surface area contributed by atoms with Gasteiger partial charge in [-0.25, -0.2) is 4.79 Å². The van der Waals surface area contributed by atoms with Gasteiger partial charge in [0.05, 0.1) is 12.7 Å². The molecule has 0 radical (unpaired) electrons.